The van der Waals surface area contributed by atoms with Crippen molar-refractivity contribution in [3.05, 3.63) is 0 Å². The highest BCUT2D eigenvalue weighted by atomic mass is 16.4. The molecule has 0 radical (unpaired) electrons. The first-order chi connectivity index (χ1) is 9.90. The van der Waals surface area contributed by atoms with Gasteiger partial charge in [0.05, 0.1) is 0 Å². The van der Waals surface area contributed by atoms with Crippen molar-refractivity contribution in [3.63, 3.8) is 0 Å². The zero-order valence-corrected chi connectivity index (χ0v) is 13.8. The van der Waals surface area contributed by atoms with E-state index in [1.54, 1.807) is 11.9 Å². The van der Waals surface area contributed by atoms with Gasteiger partial charge in [0.2, 0.25) is 0 Å². The summed E-state index contributed by atoms with van der Waals surface area (Å²) in [6.07, 6.45) is 6.28. The van der Waals surface area contributed by atoms with Crippen LogP contribution in [-0.4, -0.2) is 41.1 Å². The summed E-state index contributed by atoms with van der Waals surface area (Å²) >= 11 is 0. The molecule has 5 heteroatoms. The number of carboxylic acid groups (broad SMARTS) is 1. The molecule has 2 N–H and O–H groups in total. The molecular weight excluding hydrogens is 268 g/mol. The van der Waals surface area contributed by atoms with E-state index in [2.05, 4.69) is 12.2 Å². The average molecular weight is 298 g/mol. The van der Waals surface area contributed by atoms with Gasteiger partial charge < -0.3 is 15.3 Å². The first kappa shape index (κ1) is 17.8. The Hall–Kier alpha value is -1.26. The number of rotatable bonds is 6. The quantitative estimate of drug-likeness (QED) is 0.791. The van der Waals surface area contributed by atoms with Gasteiger partial charge in [0.15, 0.2) is 0 Å². The van der Waals surface area contributed by atoms with Gasteiger partial charge in [0.1, 0.15) is 6.04 Å². The van der Waals surface area contributed by atoms with E-state index in [0.29, 0.717) is 0 Å². The lowest BCUT2D eigenvalue weighted by atomic mass is 9.84. The van der Waals surface area contributed by atoms with Crippen molar-refractivity contribution in [1.29, 1.82) is 0 Å². The van der Waals surface area contributed by atoms with Crippen molar-refractivity contribution in [1.82, 2.24) is 10.2 Å². The van der Waals surface area contributed by atoms with Crippen LogP contribution in [0.4, 0.5) is 4.79 Å². The maximum absolute atomic E-state index is 12.3. The zero-order chi connectivity index (χ0) is 16.0. The lowest BCUT2D eigenvalue weighted by Crippen LogP contribution is -2.52. The molecule has 0 aromatic rings. The Morgan fingerprint density at radius 2 is 1.81 bits per heavy atom. The highest BCUT2D eigenvalue weighted by molar-refractivity contribution is 5.82. The minimum atomic E-state index is -0.958. The van der Waals surface area contributed by atoms with E-state index in [4.69, 9.17) is 0 Å². The molecule has 0 spiro atoms. The maximum atomic E-state index is 12.3. The second-order valence-electron chi connectivity index (χ2n) is 6.34. The highest BCUT2D eigenvalue weighted by Crippen LogP contribution is 2.29. The normalized spacial score (nSPS) is 25.0. The first-order valence-electron chi connectivity index (χ1n) is 8.16. The molecule has 1 fully saturated rings. The Labute approximate surface area is 128 Å². The van der Waals surface area contributed by atoms with E-state index in [0.717, 1.165) is 38.0 Å². The van der Waals surface area contributed by atoms with Gasteiger partial charge in [0.25, 0.3) is 0 Å². The summed E-state index contributed by atoms with van der Waals surface area (Å²) < 4.78 is 0. The van der Waals surface area contributed by atoms with Crippen LogP contribution in [-0.2, 0) is 4.79 Å². The predicted octanol–water partition coefficient (Wildman–Crippen LogP) is 3.10. The molecule has 1 aliphatic carbocycles. The molecule has 122 valence electrons. The molecule has 1 rings (SSSR count). The topological polar surface area (TPSA) is 69.6 Å². The fraction of sp³-hybridized carbons (Fsp3) is 0.875. The van der Waals surface area contributed by atoms with Crippen LogP contribution in [0.3, 0.4) is 0 Å². The van der Waals surface area contributed by atoms with Crippen LogP contribution in [0.15, 0.2) is 0 Å². The summed E-state index contributed by atoms with van der Waals surface area (Å²) in [6.45, 7) is 6.00. The molecule has 0 aliphatic heterocycles. The SMILES string of the molecule is CCC1CCC(N(C)C(=O)NC(C(=O)O)C(C)CC)CC1. The Morgan fingerprint density at radius 3 is 2.24 bits per heavy atom. The maximum Gasteiger partial charge on any atom is 0.326 e. The van der Waals surface area contributed by atoms with Crippen molar-refractivity contribution in [2.24, 2.45) is 11.8 Å². The number of urea groups is 1. The van der Waals surface area contributed by atoms with Crippen molar-refractivity contribution < 1.29 is 14.7 Å². The molecule has 2 atom stereocenters. The van der Waals surface area contributed by atoms with E-state index in [1.807, 2.05) is 13.8 Å². The van der Waals surface area contributed by atoms with Crippen LogP contribution in [0.25, 0.3) is 0 Å². The van der Waals surface area contributed by atoms with Crippen molar-refractivity contribution >= 4 is 12.0 Å². The van der Waals surface area contributed by atoms with Gasteiger partial charge in [-0.05, 0) is 37.5 Å². The van der Waals surface area contributed by atoms with Gasteiger partial charge in [-0.25, -0.2) is 9.59 Å². The molecule has 0 aromatic heterocycles. The zero-order valence-electron chi connectivity index (χ0n) is 13.8. The molecule has 0 saturated heterocycles. The second kappa shape index (κ2) is 8.25. The highest BCUT2D eigenvalue weighted by Gasteiger charge is 2.30. The summed E-state index contributed by atoms with van der Waals surface area (Å²) in [4.78, 5) is 25.3. The van der Waals surface area contributed by atoms with Crippen LogP contribution in [0, 0.1) is 11.8 Å². The number of nitrogens with zero attached hydrogens (tertiary/aromatic N) is 1. The third-order valence-corrected chi connectivity index (χ3v) is 5.02. The average Bonchev–Trinajstić information content (AvgIpc) is 2.50. The Balaban J connectivity index is 2.55. The molecule has 2 amide bonds. The van der Waals surface area contributed by atoms with Gasteiger partial charge in [-0.3, -0.25) is 0 Å². The van der Waals surface area contributed by atoms with Crippen molar-refractivity contribution in [3.8, 4) is 0 Å². The third-order valence-electron chi connectivity index (χ3n) is 5.02. The van der Waals surface area contributed by atoms with Gasteiger partial charge in [-0.1, -0.05) is 33.6 Å². The van der Waals surface area contributed by atoms with Gasteiger partial charge in [-0.2, -0.15) is 0 Å². The van der Waals surface area contributed by atoms with Crippen LogP contribution in [0.1, 0.15) is 59.3 Å². The number of amides is 2. The Morgan fingerprint density at radius 1 is 1.24 bits per heavy atom. The summed E-state index contributed by atoms with van der Waals surface area (Å²) in [5.74, 6) is -0.249. The van der Waals surface area contributed by atoms with Crippen molar-refractivity contribution in [2.45, 2.75) is 71.4 Å². The fourth-order valence-corrected chi connectivity index (χ4v) is 3.02. The van der Waals surface area contributed by atoms with Crippen molar-refractivity contribution in [2.75, 3.05) is 7.05 Å². The lowest BCUT2D eigenvalue weighted by Gasteiger charge is -2.35. The molecule has 1 aliphatic rings. The minimum absolute atomic E-state index is 0.0734. The Kier molecular flexibility index (Phi) is 6.99. The first-order valence-corrected chi connectivity index (χ1v) is 8.16. The molecule has 21 heavy (non-hydrogen) atoms. The summed E-state index contributed by atoms with van der Waals surface area (Å²) in [6, 6.07) is -0.834. The number of nitrogens with one attached hydrogen (secondary N) is 1. The summed E-state index contributed by atoms with van der Waals surface area (Å²) in [5, 5.41) is 11.9. The van der Waals surface area contributed by atoms with E-state index >= 15 is 0 Å². The van der Waals surface area contributed by atoms with Gasteiger partial charge in [-0.15, -0.1) is 0 Å². The fourth-order valence-electron chi connectivity index (χ4n) is 3.02. The van der Waals surface area contributed by atoms with Gasteiger partial charge in [0, 0.05) is 13.1 Å². The minimum Gasteiger partial charge on any atom is -0.480 e. The van der Waals surface area contributed by atoms with Crippen LogP contribution >= 0.6 is 0 Å². The third kappa shape index (κ3) is 4.90. The van der Waals surface area contributed by atoms with Gasteiger partial charge >= 0.3 is 12.0 Å². The van der Waals surface area contributed by atoms with E-state index in [1.165, 1.54) is 6.42 Å². The molecule has 0 heterocycles. The number of hydrogen-bond donors (Lipinski definition) is 2. The summed E-state index contributed by atoms with van der Waals surface area (Å²) in [5.41, 5.74) is 0. The molecular formula is C16H30N2O3. The van der Waals surface area contributed by atoms with E-state index in [-0.39, 0.29) is 18.0 Å². The molecule has 0 bridgehead atoms. The van der Waals surface area contributed by atoms with E-state index < -0.39 is 12.0 Å². The van der Waals surface area contributed by atoms with E-state index in [9.17, 15) is 14.7 Å². The number of aliphatic carboxylic acids is 1. The number of carbonyl (C=O) groups excluding carboxylic acids is 1. The Bertz CT molecular complexity index is 351. The summed E-state index contributed by atoms with van der Waals surface area (Å²) in [7, 11) is 1.78. The molecule has 0 aromatic carbocycles. The number of carbonyl (C=O) groups is 2. The second-order valence-corrected chi connectivity index (χ2v) is 6.34. The van der Waals surface area contributed by atoms with Crippen LogP contribution in [0.2, 0.25) is 0 Å². The monoisotopic (exact) mass is 298 g/mol. The lowest BCUT2D eigenvalue weighted by molar-refractivity contribution is -0.140. The molecule has 1 saturated carbocycles. The predicted molar refractivity (Wildman–Crippen MR) is 83.2 cm³/mol. The molecule has 5 nitrogen and oxygen atoms in total. The van der Waals surface area contributed by atoms with Crippen LogP contribution in [0.5, 0.6) is 0 Å². The smallest absolute Gasteiger partial charge is 0.326 e. The molecule has 2 unspecified atom stereocenters. The largest absolute Gasteiger partial charge is 0.480 e. The number of hydrogen-bond acceptors (Lipinski definition) is 2. The standard InChI is InChI=1S/C16H30N2O3/c1-5-11(3)14(15(19)20)17-16(21)18(4)13-9-7-12(6-2)8-10-13/h11-14H,5-10H2,1-4H3,(H,17,21)(H,19,20). The number of carboxylic acids is 1. The van der Waals surface area contributed by atoms with Crippen LogP contribution < -0.4 is 5.32 Å².